The van der Waals surface area contributed by atoms with Gasteiger partial charge in [0.2, 0.25) is 0 Å². The van der Waals surface area contributed by atoms with Crippen molar-refractivity contribution in [3.8, 4) is 0 Å². The molecular formula is C19H24N4O2S. The summed E-state index contributed by atoms with van der Waals surface area (Å²) in [4.78, 5) is 32.5. The number of carbonyl (C=O) groups excluding carboxylic acids is 2. The van der Waals surface area contributed by atoms with Crippen molar-refractivity contribution in [3.63, 3.8) is 0 Å². The molecule has 0 saturated heterocycles. The Kier molecular flexibility index (Phi) is 5.68. The lowest BCUT2D eigenvalue weighted by Crippen LogP contribution is -2.29. The van der Waals surface area contributed by atoms with Crippen LogP contribution in [-0.4, -0.2) is 35.3 Å². The molecule has 2 aromatic rings. The summed E-state index contributed by atoms with van der Waals surface area (Å²) in [6.45, 7) is 5.85. The third kappa shape index (κ3) is 3.94. The maximum Gasteiger partial charge on any atom is 0.315 e. The van der Waals surface area contributed by atoms with Gasteiger partial charge in [0.05, 0.1) is 5.69 Å². The van der Waals surface area contributed by atoms with Gasteiger partial charge in [0, 0.05) is 30.1 Å². The van der Waals surface area contributed by atoms with E-state index in [-0.39, 0.29) is 0 Å². The number of carbonyl (C=O) groups is 2. The van der Waals surface area contributed by atoms with Crippen LogP contribution in [0, 0.1) is 0 Å². The molecule has 1 aliphatic rings. The molecule has 0 saturated carbocycles. The lowest BCUT2D eigenvalue weighted by molar-refractivity contribution is -0.133. The lowest BCUT2D eigenvalue weighted by atomic mass is 10.0. The van der Waals surface area contributed by atoms with Crippen molar-refractivity contribution in [1.29, 1.82) is 0 Å². The second-order valence-corrected chi connectivity index (χ2v) is 7.53. The van der Waals surface area contributed by atoms with Crippen LogP contribution in [0.1, 0.15) is 35.5 Å². The number of hydrogen-bond acceptors (Lipinski definition) is 5. The number of aryl methyl sites for hydroxylation is 2. The summed E-state index contributed by atoms with van der Waals surface area (Å²) >= 11 is 1.44. The zero-order chi connectivity index (χ0) is 18.7. The molecule has 2 amide bonds. The topological polar surface area (TPSA) is 74.3 Å². The Balaban J connectivity index is 1.71. The molecule has 26 heavy (non-hydrogen) atoms. The highest BCUT2D eigenvalue weighted by Crippen LogP contribution is 2.28. The molecule has 1 aromatic heterocycles. The highest BCUT2D eigenvalue weighted by Gasteiger charge is 2.22. The number of aromatic nitrogens is 1. The minimum absolute atomic E-state index is 0.491. The predicted molar refractivity (Wildman–Crippen MR) is 105 cm³/mol. The summed E-state index contributed by atoms with van der Waals surface area (Å²) in [7, 11) is 2.06. The van der Waals surface area contributed by atoms with E-state index in [1.54, 1.807) is 0 Å². The number of benzene rings is 1. The van der Waals surface area contributed by atoms with Gasteiger partial charge in [0.25, 0.3) is 0 Å². The van der Waals surface area contributed by atoms with E-state index in [9.17, 15) is 9.59 Å². The van der Waals surface area contributed by atoms with Crippen molar-refractivity contribution >= 4 is 34.0 Å². The van der Waals surface area contributed by atoms with Crippen LogP contribution in [0.2, 0.25) is 0 Å². The van der Waals surface area contributed by atoms with Gasteiger partial charge in [-0.2, -0.15) is 0 Å². The van der Waals surface area contributed by atoms with Crippen molar-refractivity contribution in [3.05, 3.63) is 39.9 Å². The fraction of sp³-hybridized carbons (Fsp3) is 0.421. The molecule has 138 valence electrons. The molecule has 0 bridgehead atoms. The van der Waals surface area contributed by atoms with E-state index in [4.69, 9.17) is 0 Å². The predicted octanol–water partition coefficient (Wildman–Crippen LogP) is 2.83. The van der Waals surface area contributed by atoms with Gasteiger partial charge in [-0.25, -0.2) is 4.98 Å². The maximum atomic E-state index is 12.4. The molecule has 1 aliphatic heterocycles. The molecule has 7 heteroatoms. The minimum atomic E-state index is -0.683. The molecule has 0 spiro atoms. The summed E-state index contributed by atoms with van der Waals surface area (Å²) in [5.74, 6) is -1.34. The zero-order valence-corrected chi connectivity index (χ0v) is 16.2. The third-order valence-corrected chi connectivity index (χ3v) is 5.58. The van der Waals surface area contributed by atoms with Crippen LogP contribution < -0.4 is 10.6 Å². The quantitative estimate of drug-likeness (QED) is 0.810. The van der Waals surface area contributed by atoms with E-state index in [1.807, 2.05) is 32.0 Å². The van der Waals surface area contributed by atoms with Crippen LogP contribution in [0.25, 0.3) is 0 Å². The summed E-state index contributed by atoms with van der Waals surface area (Å²) in [5, 5.41) is 5.92. The first-order valence-electron chi connectivity index (χ1n) is 8.92. The van der Waals surface area contributed by atoms with Crippen LogP contribution in [0.5, 0.6) is 0 Å². The van der Waals surface area contributed by atoms with Crippen molar-refractivity contribution in [2.75, 3.05) is 24.2 Å². The smallest absolute Gasteiger partial charge is 0.315 e. The number of likely N-dealkylation sites (N-methyl/N-ethyl adjacent to an activating group) is 1. The Bertz CT molecular complexity index is 809. The van der Waals surface area contributed by atoms with Gasteiger partial charge in [-0.3, -0.25) is 14.9 Å². The number of amides is 2. The average Bonchev–Trinajstić information content (AvgIpc) is 3.02. The van der Waals surface area contributed by atoms with Crippen molar-refractivity contribution < 1.29 is 9.59 Å². The first kappa shape index (κ1) is 18.5. The first-order chi connectivity index (χ1) is 12.5. The maximum absolute atomic E-state index is 12.4. The van der Waals surface area contributed by atoms with Crippen LogP contribution in [0.15, 0.2) is 18.2 Å². The summed E-state index contributed by atoms with van der Waals surface area (Å²) in [5.41, 5.74) is 3.82. The molecule has 0 atom stereocenters. The highest BCUT2D eigenvalue weighted by atomic mass is 32.1. The zero-order valence-electron chi connectivity index (χ0n) is 15.4. The summed E-state index contributed by atoms with van der Waals surface area (Å²) in [6.07, 6.45) is 2.45. The van der Waals surface area contributed by atoms with E-state index in [2.05, 4.69) is 27.6 Å². The average molecular weight is 372 g/mol. The number of fused-ring (bicyclic) bond motifs is 1. The van der Waals surface area contributed by atoms with Gasteiger partial charge < -0.3 is 10.2 Å². The molecule has 0 unspecified atom stereocenters. The van der Waals surface area contributed by atoms with E-state index >= 15 is 0 Å². The molecule has 3 rings (SSSR count). The van der Waals surface area contributed by atoms with E-state index in [0.717, 1.165) is 59.7 Å². The second-order valence-electron chi connectivity index (χ2n) is 6.44. The number of nitrogens with zero attached hydrogens (tertiary/aromatic N) is 2. The van der Waals surface area contributed by atoms with E-state index in [0.29, 0.717) is 5.13 Å². The standard InChI is InChI=1S/C19H24N4O2S/c1-4-12-7-6-8-13(5-2)16(12)21-17(24)18(25)22-19-20-14-9-10-23(3)11-15(14)26-19/h6-8H,4-5,9-11H2,1-3H3,(H,21,24)(H,20,22,25). The number of para-hydroxylation sites is 1. The van der Waals surface area contributed by atoms with Crippen LogP contribution in [-0.2, 0) is 35.4 Å². The Hall–Kier alpha value is -2.25. The lowest BCUT2D eigenvalue weighted by Gasteiger charge is -2.20. The SMILES string of the molecule is CCc1cccc(CC)c1NC(=O)C(=O)Nc1nc2c(s1)CN(C)CC2. The van der Waals surface area contributed by atoms with E-state index < -0.39 is 11.8 Å². The molecule has 0 aliphatic carbocycles. The monoisotopic (exact) mass is 372 g/mol. The fourth-order valence-electron chi connectivity index (χ4n) is 3.10. The number of nitrogens with one attached hydrogen (secondary N) is 2. The Morgan fingerprint density at radius 3 is 2.46 bits per heavy atom. The van der Waals surface area contributed by atoms with Crippen LogP contribution >= 0.6 is 11.3 Å². The normalized spacial score (nSPS) is 14.0. The van der Waals surface area contributed by atoms with Gasteiger partial charge in [-0.15, -0.1) is 11.3 Å². The Morgan fingerprint density at radius 2 is 1.81 bits per heavy atom. The summed E-state index contributed by atoms with van der Waals surface area (Å²) < 4.78 is 0. The fourth-order valence-corrected chi connectivity index (χ4v) is 4.19. The van der Waals surface area contributed by atoms with Crippen molar-refractivity contribution in [2.24, 2.45) is 0 Å². The van der Waals surface area contributed by atoms with Gasteiger partial charge in [0.1, 0.15) is 0 Å². The Morgan fingerprint density at radius 1 is 1.15 bits per heavy atom. The number of thiazole rings is 1. The van der Waals surface area contributed by atoms with Gasteiger partial charge in [-0.05, 0) is 31.0 Å². The molecule has 0 fully saturated rings. The highest BCUT2D eigenvalue weighted by molar-refractivity contribution is 7.16. The third-order valence-electron chi connectivity index (χ3n) is 4.59. The van der Waals surface area contributed by atoms with Gasteiger partial charge >= 0.3 is 11.8 Å². The second kappa shape index (κ2) is 7.97. The van der Waals surface area contributed by atoms with Gasteiger partial charge in [0.15, 0.2) is 5.13 Å². The molecule has 2 N–H and O–H groups in total. The number of rotatable bonds is 4. The molecule has 2 heterocycles. The van der Waals surface area contributed by atoms with Crippen LogP contribution in [0.3, 0.4) is 0 Å². The molecular weight excluding hydrogens is 348 g/mol. The summed E-state index contributed by atoms with van der Waals surface area (Å²) in [6, 6.07) is 5.92. The van der Waals surface area contributed by atoms with Gasteiger partial charge in [-0.1, -0.05) is 32.0 Å². The number of hydrogen-bond donors (Lipinski definition) is 2. The molecule has 1 aromatic carbocycles. The first-order valence-corrected chi connectivity index (χ1v) is 9.73. The largest absolute Gasteiger partial charge is 0.317 e. The van der Waals surface area contributed by atoms with Crippen LogP contribution in [0.4, 0.5) is 10.8 Å². The molecule has 0 radical (unpaired) electrons. The van der Waals surface area contributed by atoms with Crippen molar-refractivity contribution in [1.82, 2.24) is 9.88 Å². The Labute approximate surface area is 157 Å². The molecule has 6 nitrogen and oxygen atoms in total. The minimum Gasteiger partial charge on any atom is -0.317 e. The van der Waals surface area contributed by atoms with Crippen molar-refractivity contribution in [2.45, 2.75) is 39.7 Å². The number of anilines is 2. The van der Waals surface area contributed by atoms with E-state index in [1.165, 1.54) is 11.3 Å².